The van der Waals surface area contributed by atoms with Crippen molar-refractivity contribution < 1.29 is 9.47 Å². The minimum Gasteiger partial charge on any atom is -0.493 e. The predicted octanol–water partition coefficient (Wildman–Crippen LogP) is 4.81. The molecular formula is C23H31ClN2O2. The lowest BCUT2D eigenvalue weighted by Gasteiger charge is -2.23. The number of nitrogens with one attached hydrogen (secondary N) is 1. The van der Waals surface area contributed by atoms with Crippen molar-refractivity contribution in [2.45, 2.75) is 45.9 Å². The predicted molar refractivity (Wildman–Crippen MR) is 115 cm³/mol. The summed E-state index contributed by atoms with van der Waals surface area (Å²) in [5.41, 5.74) is 3.43. The molecule has 0 amide bonds. The summed E-state index contributed by atoms with van der Waals surface area (Å²) in [6.45, 7) is 8.88. The number of likely N-dealkylation sites (tertiary alicyclic amines) is 1. The first-order valence-electron chi connectivity index (χ1n) is 10.1. The van der Waals surface area contributed by atoms with Crippen LogP contribution >= 0.6 is 11.6 Å². The average Bonchev–Trinajstić information content (AvgIpc) is 3.14. The number of hydrogen-bond donors (Lipinski definition) is 1. The van der Waals surface area contributed by atoms with Gasteiger partial charge in [0, 0.05) is 19.1 Å². The largest absolute Gasteiger partial charge is 0.493 e. The molecule has 1 atom stereocenters. The molecule has 2 aromatic rings. The fourth-order valence-corrected chi connectivity index (χ4v) is 4.19. The standard InChI is InChI=1S/C23H31ClN2O2/c1-4-26-10-6-9-20(26)15-25-14-19-12-21(24)23(22(13-19)27-3)28-16-18-8-5-7-17(2)11-18/h5,7-8,11-13,20,25H,4,6,9-10,14-16H2,1-3H3. The molecule has 1 N–H and O–H groups in total. The summed E-state index contributed by atoms with van der Waals surface area (Å²) in [4.78, 5) is 2.54. The van der Waals surface area contributed by atoms with E-state index >= 15 is 0 Å². The maximum absolute atomic E-state index is 6.52. The van der Waals surface area contributed by atoms with Crippen LogP contribution in [0.4, 0.5) is 0 Å². The molecule has 0 bridgehead atoms. The number of rotatable bonds is 9. The van der Waals surface area contributed by atoms with Gasteiger partial charge < -0.3 is 14.8 Å². The second-order valence-corrected chi connectivity index (χ2v) is 7.85. The van der Waals surface area contributed by atoms with Gasteiger partial charge in [-0.15, -0.1) is 0 Å². The Kier molecular flexibility index (Phi) is 7.60. The van der Waals surface area contributed by atoms with Crippen molar-refractivity contribution in [3.05, 3.63) is 58.1 Å². The topological polar surface area (TPSA) is 33.7 Å². The first-order valence-corrected chi connectivity index (χ1v) is 10.5. The second-order valence-electron chi connectivity index (χ2n) is 7.44. The Morgan fingerprint density at radius 2 is 2.07 bits per heavy atom. The molecule has 4 nitrogen and oxygen atoms in total. The van der Waals surface area contributed by atoms with E-state index in [1.165, 1.54) is 24.9 Å². The van der Waals surface area contributed by atoms with Crippen molar-refractivity contribution >= 4 is 11.6 Å². The molecule has 1 unspecified atom stereocenters. The molecule has 1 fully saturated rings. The number of likely N-dealkylation sites (N-methyl/N-ethyl adjacent to an activating group) is 1. The van der Waals surface area contributed by atoms with Gasteiger partial charge in [0.15, 0.2) is 11.5 Å². The summed E-state index contributed by atoms with van der Waals surface area (Å²) in [6.07, 6.45) is 2.57. The normalized spacial score (nSPS) is 17.1. The van der Waals surface area contributed by atoms with Gasteiger partial charge in [0.2, 0.25) is 0 Å². The Hall–Kier alpha value is -1.75. The van der Waals surface area contributed by atoms with Crippen LogP contribution in [-0.2, 0) is 13.2 Å². The smallest absolute Gasteiger partial charge is 0.180 e. The number of aryl methyl sites for hydroxylation is 1. The molecule has 5 heteroatoms. The molecule has 0 aromatic heterocycles. The fourth-order valence-electron chi connectivity index (χ4n) is 3.90. The number of methoxy groups -OCH3 is 1. The molecule has 1 aliphatic rings. The molecule has 28 heavy (non-hydrogen) atoms. The van der Waals surface area contributed by atoms with E-state index in [0.29, 0.717) is 29.2 Å². The third-order valence-electron chi connectivity index (χ3n) is 5.37. The molecule has 152 valence electrons. The van der Waals surface area contributed by atoms with Crippen molar-refractivity contribution in [3.8, 4) is 11.5 Å². The number of halogens is 1. The monoisotopic (exact) mass is 402 g/mol. The quantitative estimate of drug-likeness (QED) is 0.652. The average molecular weight is 403 g/mol. The van der Waals surface area contributed by atoms with E-state index in [0.717, 1.165) is 30.8 Å². The highest BCUT2D eigenvalue weighted by Crippen LogP contribution is 2.37. The Labute approximate surface area is 173 Å². The summed E-state index contributed by atoms with van der Waals surface area (Å²) >= 11 is 6.52. The van der Waals surface area contributed by atoms with Gasteiger partial charge >= 0.3 is 0 Å². The van der Waals surface area contributed by atoms with Crippen LogP contribution in [0.1, 0.15) is 36.5 Å². The number of ether oxygens (including phenoxy) is 2. The molecule has 0 saturated carbocycles. The van der Waals surface area contributed by atoms with E-state index in [9.17, 15) is 0 Å². The van der Waals surface area contributed by atoms with Crippen molar-refractivity contribution in [3.63, 3.8) is 0 Å². The van der Waals surface area contributed by atoms with Crippen LogP contribution in [0.3, 0.4) is 0 Å². The Morgan fingerprint density at radius 1 is 1.21 bits per heavy atom. The van der Waals surface area contributed by atoms with Gasteiger partial charge in [0.05, 0.1) is 12.1 Å². The summed E-state index contributed by atoms with van der Waals surface area (Å²) in [7, 11) is 1.65. The van der Waals surface area contributed by atoms with Crippen LogP contribution in [-0.4, -0.2) is 37.7 Å². The van der Waals surface area contributed by atoms with Crippen LogP contribution in [0.15, 0.2) is 36.4 Å². The molecule has 1 heterocycles. The molecule has 0 radical (unpaired) electrons. The minimum absolute atomic E-state index is 0.462. The summed E-state index contributed by atoms with van der Waals surface area (Å²) in [5.74, 6) is 1.27. The Balaban J connectivity index is 1.60. The molecular weight excluding hydrogens is 372 g/mol. The number of hydrogen-bond acceptors (Lipinski definition) is 4. The van der Waals surface area contributed by atoms with Crippen LogP contribution in [0.2, 0.25) is 5.02 Å². The van der Waals surface area contributed by atoms with Crippen molar-refractivity contribution in [1.29, 1.82) is 0 Å². The summed E-state index contributed by atoms with van der Waals surface area (Å²) in [5, 5.41) is 4.16. The lowest BCUT2D eigenvalue weighted by Crippen LogP contribution is -2.37. The van der Waals surface area contributed by atoms with E-state index in [1.807, 2.05) is 24.3 Å². The Morgan fingerprint density at radius 3 is 2.82 bits per heavy atom. The van der Waals surface area contributed by atoms with Gasteiger partial charge in [-0.3, -0.25) is 4.90 Å². The molecule has 1 aliphatic heterocycles. The number of nitrogens with zero attached hydrogens (tertiary/aromatic N) is 1. The van der Waals surface area contributed by atoms with E-state index in [1.54, 1.807) is 7.11 Å². The van der Waals surface area contributed by atoms with E-state index < -0.39 is 0 Å². The van der Waals surface area contributed by atoms with E-state index in [4.69, 9.17) is 21.1 Å². The summed E-state index contributed by atoms with van der Waals surface area (Å²) in [6, 6.07) is 12.9. The molecule has 3 rings (SSSR count). The van der Waals surface area contributed by atoms with Gasteiger partial charge in [-0.25, -0.2) is 0 Å². The van der Waals surface area contributed by atoms with Crippen molar-refractivity contribution in [2.24, 2.45) is 0 Å². The fraction of sp³-hybridized carbons (Fsp3) is 0.478. The van der Waals surface area contributed by atoms with Crippen molar-refractivity contribution in [1.82, 2.24) is 10.2 Å². The van der Waals surface area contributed by atoms with Gasteiger partial charge in [-0.05, 0) is 56.1 Å². The van der Waals surface area contributed by atoms with Crippen LogP contribution < -0.4 is 14.8 Å². The second kappa shape index (κ2) is 10.1. The highest BCUT2D eigenvalue weighted by molar-refractivity contribution is 6.32. The van der Waals surface area contributed by atoms with E-state index in [2.05, 4.69) is 36.2 Å². The first-order chi connectivity index (χ1) is 13.6. The Bertz CT molecular complexity index is 781. The zero-order chi connectivity index (χ0) is 19.9. The summed E-state index contributed by atoms with van der Waals surface area (Å²) < 4.78 is 11.5. The first kappa shape index (κ1) is 21.0. The zero-order valence-corrected chi connectivity index (χ0v) is 17.9. The van der Waals surface area contributed by atoms with Crippen LogP contribution in [0, 0.1) is 6.92 Å². The lowest BCUT2D eigenvalue weighted by atomic mass is 10.1. The molecule has 0 spiro atoms. The van der Waals surface area contributed by atoms with Crippen LogP contribution in [0.25, 0.3) is 0 Å². The third kappa shape index (κ3) is 5.40. The molecule has 1 saturated heterocycles. The van der Waals surface area contributed by atoms with Gasteiger partial charge in [0.25, 0.3) is 0 Å². The van der Waals surface area contributed by atoms with Gasteiger partial charge in [-0.2, -0.15) is 0 Å². The molecule has 0 aliphatic carbocycles. The maximum Gasteiger partial charge on any atom is 0.180 e. The van der Waals surface area contributed by atoms with Crippen molar-refractivity contribution in [2.75, 3.05) is 26.7 Å². The SMILES string of the molecule is CCN1CCCC1CNCc1cc(Cl)c(OCc2cccc(C)c2)c(OC)c1. The van der Waals surface area contributed by atoms with Gasteiger partial charge in [-0.1, -0.05) is 48.4 Å². The highest BCUT2D eigenvalue weighted by Gasteiger charge is 2.22. The highest BCUT2D eigenvalue weighted by atomic mass is 35.5. The van der Waals surface area contributed by atoms with Crippen LogP contribution in [0.5, 0.6) is 11.5 Å². The minimum atomic E-state index is 0.462. The zero-order valence-electron chi connectivity index (χ0n) is 17.1. The maximum atomic E-state index is 6.52. The van der Waals surface area contributed by atoms with Gasteiger partial charge in [0.1, 0.15) is 6.61 Å². The lowest BCUT2D eigenvalue weighted by molar-refractivity contribution is 0.260. The molecule has 2 aromatic carbocycles. The number of benzene rings is 2. The van der Waals surface area contributed by atoms with E-state index in [-0.39, 0.29) is 0 Å². The third-order valence-corrected chi connectivity index (χ3v) is 5.65.